The Morgan fingerprint density at radius 2 is 1.92 bits per heavy atom. The van der Waals surface area contributed by atoms with Gasteiger partial charge in [-0.1, -0.05) is 25.5 Å². The fourth-order valence-corrected chi connectivity index (χ4v) is 6.75. The van der Waals surface area contributed by atoms with E-state index in [9.17, 15) is 15.0 Å². The maximum atomic E-state index is 16.7. The molecule has 0 aliphatic heterocycles. The maximum absolute atomic E-state index is 16.7. The van der Waals surface area contributed by atoms with Gasteiger partial charge in [-0.25, -0.2) is 4.39 Å². The average Bonchev–Trinajstić information content (AvgIpc) is 2.70. The van der Waals surface area contributed by atoms with Gasteiger partial charge in [0.1, 0.15) is 0 Å². The molecule has 138 valence electrons. The summed E-state index contributed by atoms with van der Waals surface area (Å²) in [5, 5.41) is 22.2. The Kier molecular flexibility index (Phi) is 3.37. The molecular formula is C21H29FO3. The highest BCUT2D eigenvalue weighted by Gasteiger charge is 2.73. The molecule has 3 nitrogen and oxygen atoms in total. The van der Waals surface area contributed by atoms with Gasteiger partial charge in [-0.3, -0.25) is 4.79 Å². The molecule has 4 aliphatic carbocycles. The van der Waals surface area contributed by atoms with Crippen molar-refractivity contribution in [3.63, 3.8) is 0 Å². The Bertz CT molecular complexity index is 695. The molecule has 0 spiro atoms. The zero-order chi connectivity index (χ0) is 18.4. The van der Waals surface area contributed by atoms with E-state index in [-0.39, 0.29) is 30.0 Å². The van der Waals surface area contributed by atoms with Crippen LogP contribution in [0.2, 0.25) is 0 Å². The molecule has 4 aliphatic rings. The molecule has 8 atom stereocenters. The molecule has 3 saturated carbocycles. The van der Waals surface area contributed by atoms with Crippen molar-refractivity contribution in [2.45, 2.75) is 70.8 Å². The van der Waals surface area contributed by atoms with Crippen LogP contribution in [-0.4, -0.2) is 33.4 Å². The van der Waals surface area contributed by atoms with Crippen molar-refractivity contribution in [1.82, 2.24) is 0 Å². The van der Waals surface area contributed by atoms with Crippen molar-refractivity contribution in [1.29, 1.82) is 0 Å². The molecule has 4 rings (SSSR count). The van der Waals surface area contributed by atoms with Crippen LogP contribution in [0.5, 0.6) is 0 Å². The first-order valence-electron chi connectivity index (χ1n) is 9.52. The van der Waals surface area contributed by atoms with Gasteiger partial charge in [0.2, 0.25) is 0 Å². The van der Waals surface area contributed by atoms with Gasteiger partial charge >= 0.3 is 0 Å². The summed E-state index contributed by atoms with van der Waals surface area (Å²) in [4.78, 5) is 11.8. The van der Waals surface area contributed by atoms with Gasteiger partial charge in [0.05, 0.1) is 11.7 Å². The Hall–Kier alpha value is -1.00. The highest BCUT2D eigenvalue weighted by molar-refractivity contribution is 6.01. The van der Waals surface area contributed by atoms with Crippen molar-refractivity contribution in [3.8, 4) is 0 Å². The second kappa shape index (κ2) is 4.83. The summed E-state index contributed by atoms with van der Waals surface area (Å²) in [6, 6.07) is 0. The summed E-state index contributed by atoms with van der Waals surface area (Å²) in [5.74, 6) is -0.291. The quantitative estimate of drug-likeness (QED) is 0.706. The third kappa shape index (κ3) is 1.80. The first-order chi connectivity index (χ1) is 11.5. The van der Waals surface area contributed by atoms with Gasteiger partial charge in [-0.2, -0.15) is 0 Å². The molecule has 0 saturated heterocycles. The molecule has 4 heteroatoms. The molecule has 0 bridgehead atoms. The van der Waals surface area contributed by atoms with E-state index in [0.717, 1.165) is 12.0 Å². The first kappa shape index (κ1) is 17.4. The van der Waals surface area contributed by atoms with E-state index in [1.807, 2.05) is 27.7 Å². The van der Waals surface area contributed by atoms with E-state index in [4.69, 9.17) is 0 Å². The van der Waals surface area contributed by atoms with Crippen LogP contribution in [0.15, 0.2) is 23.8 Å². The van der Waals surface area contributed by atoms with Crippen LogP contribution in [0.25, 0.3) is 0 Å². The van der Waals surface area contributed by atoms with E-state index >= 15 is 4.39 Å². The standard InChI is InChI=1S/C21H29FO3/c1-12-9-16-15-6-5-13-10-14(23)7-8-18(13,2)21(15,22)17(24)11-19(16,3)20(12,4)25/h7-8,10,12,15-17,24-25H,5-6,9,11H2,1-4H3/t12-,15?,16+,17+,18+,19+,20-,21+/m1/s1. The SMILES string of the molecule is C[C@@H]1C[C@H]2C3CCC4=CC(=O)C=C[C@]4(C)[C@@]3(F)[C@@H](O)C[C@]2(C)[C@]1(C)O. The largest absolute Gasteiger partial charge is 0.390 e. The number of hydrogen-bond donors (Lipinski definition) is 2. The van der Waals surface area contributed by atoms with E-state index in [0.29, 0.717) is 12.8 Å². The average molecular weight is 348 g/mol. The van der Waals surface area contributed by atoms with Crippen LogP contribution in [0.4, 0.5) is 4.39 Å². The number of hydrogen-bond acceptors (Lipinski definition) is 3. The smallest absolute Gasteiger partial charge is 0.178 e. The zero-order valence-corrected chi connectivity index (χ0v) is 15.6. The lowest BCUT2D eigenvalue weighted by molar-refractivity contribution is -0.216. The molecular weight excluding hydrogens is 319 g/mol. The van der Waals surface area contributed by atoms with Gasteiger partial charge < -0.3 is 10.2 Å². The Morgan fingerprint density at radius 3 is 2.60 bits per heavy atom. The summed E-state index contributed by atoms with van der Waals surface area (Å²) in [6.45, 7) is 7.74. The van der Waals surface area contributed by atoms with Crippen LogP contribution >= 0.6 is 0 Å². The minimum absolute atomic E-state index is 0.0373. The van der Waals surface area contributed by atoms with Crippen LogP contribution in [0.1, 0.15) is 53.4 Å². The number of rotatable bonds is 0. The van der Waals surface area contributed by atoms with Crippen molar-refractivity contribution >= 4 is 5.78 Å². The molecule has 0 aromatic carbocycles. The van der Waals surface area contributed by atoms with Gasteiger partial charge in [0.15, 0.2) is 11.5 Å². The molecule has 0 heterocycles. The number of fused-ring (bicyclic) bond motifs is 5. The molecule has 0 amide bonds. The highest BCUT2D eigenvalue weighted by Crippen LogP contribution is 2.70. The maximum Gasteiger partial charge on any atom is 0.178 e. The molecule has 1 unspecified atom stereocenters. The summed E-state index contributed by atoms with van der Waals surface area (Å²) >= 11 is 0. The molecule has 0 aromatic heterocycles. The molecule has 3 fully saturated rings. The Balaban J connectivity index is 1.84. The van der Waals surface area contributed by atoms with Crippen LogP contribution in [0.3, 0.4) is 0 Å². The van der Waals surface area contributed by atoms with E-state index < -0.39 is 28.2 Å². The number of alkyl halides is 1. The van der Waals surface area contributed by atoms with Crippen LogP contribution < -0.4 is 0 Å². The topological polar surface area (TPSA) is 57.5 Å². The van der Waals surface area contributed by atoms with Crippen molar-refractivity contribution in [3.05, 3.63) is 23.8 Å². The van der Waals surface area contributed by atoms with Gasteiger partial charge in [-0.05, 0) is 63.5 Å². The number of aliphatic hydroxyl groups is 2. The monoisotopic (exact) mass is 348 g/mol. The number of ketones is 1. The minimum atomic E-state index is -1.79. The molecule has 2 N–H and O–H groups in total. The van der Waals surface area contributed by atoms with Crippen molar-refractivity contribution < 1.29 is 19.4 Å². The second-order valence-corrected chi connectivity index (χ2v) is 9.55. The highest BCUT2D eigenvalue weighted by atomic mass is 19.1. The number of carbonyl (C=O) groups excluding carboxylic acids is 1. The predicted molar refractivity (Wildman–Crippen MR) is 93.5 cm³/mol. The summed E-state index contributed by atoms with van der Waals surface area (Å²) in [7, 11) is 0. The van der Waals surface area contributed by atoms with E-state index in [1.54, 1.807) is 12.2 Å². The van der Waals surface area contributed by atoms with Crippen LogP contribution in [0, 0.1) is 28.6 Å². The fraction of sp³-hybridized carbons (Fsp3) is 0.762. The fourth-order valence-electron chi connectivity index (χ4n) is 6.75. The molecule has 0 aromatic rings. The van der Waals surface area contributed by atoms with Crippen molar-refractivity contribution in [2.24, 2.45) is 28.6 Å². The van der Waals surface area contributed by atoms with Crippen LogP contribution in [-0.2, 0) is 4.79 Å². The lowest BCUT2D eigenvalue weighted by atomic mass is 9.45. The number of carbonyl (C=O) groups is 1. The van der Waals surface area contributed by atoms with Crippen molar-refractivity contribution in [2.75, 3.05) is 0 Å². The van der Waals surface area contributed by atoms with Gasteiger partial charge in [0, 0.05) is 16.7 Å². The Morgan fingerprint density at radius 1 is 1.24 bits per heavy atom. The lowest BCUT2D eigenvalue weighted by Gasteiger charge is -2.62. The zero-order valence-electron chi connectivity index (χ0n) is 15.6. The molecule has 25 heavy (non-hydrogen) atoms. The first-order valence-corrected chi connectivity index (χ1v) is 9.52. The summed E-state index contributed by atoms with van der Waals surface area (Å²) in [5.41, 5.74) is -3.33. The summed E-state index contributed by atoms with van der Waals surface area (Å²) in [6.07, 6.45) is 5.88. The third-order valence-corrected chi connectivity index (χ3v) is 8.75. The van der Waals surface area contributed by atoms with E-state index in [1.165, 1.54) is 6.08 Å². The Labute approximate surface area is 149 Å². The second-order valence-electron chi connectivity index (χ2n) is 9.55. The predicted octanol–water partition coefficient (Wildman–Crippen LogP) is 3.35. The molecule has 0 radical (unpaired) electrons. The van der Waals surface area contributed by atoms with Gasteiger partial charge in [0.25, 0.3) is 0 Å². The number of allylic oxidation sites excluding steroid dienone is 4. The van der Waals surface area contributed by atoms with E-state index in [2.05, 4.69) is 0 Å². The third-order valence-electron chi connectivity index (χ3n) is 8.75. The number of halogens is 1. The summed E-state index contributed by atoms with van der Waals surface area (Å²) < 4.78 is 16.7. The minimum Gasteiger partial charge on any atom is -0.390 e. The van der Waals surface area contributed by atoms with Gasteiger partial charge in [-0.15, -0.1) is 0 Å². The number of aliphatic hydroxyl groups excluding tert-OH is 1. The lowest BCUT2D eigenvalue weighted by Crippen LogP contribution is -2.68. The normalized spacial score (nSPS) is 57.6.